The third-order valence-corrected chi connectivity index (χ3v) is 10.1. The average Bonchev–Trinajstić information content (AvgIpc) is 3.32. The van der Waals surface area contributed by atoms with Crippen LogP contribution in [0.15, 0.2) is 9.42 Å². The summed E-state index contributed by atoms with van der Waals surface area (Å²) >= 11 is 0. The number of hydrogen-bond acceptors (Lipinski definition) is 6. The van der Waals surface area contributed by atoms with Gasteiger partial charge in [0.15, 0.2) is 5.76 Å². The molecule has 2 heterocycles. The molecule has 1 saturated heterocycles. The monoisotopic (exact) mass is 467 g/mol. The van der Waals surface area contributed by atoms with Crippen molar-refractivity contribution in [1.82, 2.24) is 15.2 Å². The molecular weight excluding hydrogens is 430 g/mol. The van der Waals surface area contributed by atoms with Gasteiger partial charge in [0.1, 0.15) is 10.6 Å². The molecule has 5 atom stereocenters. The van der Waals surface area contributed by atoms with Gasteiger partial charge in [-0.25, -0.2) is 13.1 Å². The first kappa shape index (κ1) is 23.7. The summed E-state index contributed by atoms with van der Waals surface area (Å²) in [7, 11) is -3.69. The van der Waals surface area contributed by atoms with Gasteiger partial charge in [-0.2, -0.15) is 0 Å². The highest BCUT2D eigenvalue weighted by molar-refractivity contribution is 7.89. The second-order valence-electron chi connectivity index (χ2n) is 10.9. The van der Waals surface area contributed by atoms with Crippen molar-refractivity contribution in [3.63, 3.8) is 0 Å². The molecule has 9 heteroatoms. The van der Waals surface area contributed by atoms with Gasteiger partial charge in [0, 0.05) is 25.1 Å². The van der Waals surface area contributed by atoms with Crippen LogP contribution in [0.5, 0.6) is 0 Å². The van der Waals surface area contributed by atoms with E-state index in [0.717, 1.165) is 19.3 Å². The summed E-state index contributed by atoms with van der Waals surface area (Å²) in [6.45, 7) is 12.6. The van der Waals surface area contributed by atoms with Crippen molar-refractivity contribution < 1.29 is 22.5 Å². The van der Waals surface area contributed by atoms with Gasteiger partial charge in [-0.15, -0.1) is 0 Å². The zero-order chi connectivity index (χ0) is 23.5. The fraction of sp³-hybridized carbons (Fsp3) is 0.826. The number of hydrogen-bond donors (Lipinski definition) is 2. The van der Waals surface area contributed by atoms with Crippen molar-refractivity contribution in [1.29, 1.82) is 0 Å². The molecule has 1 amide bonds. The zero-order valence-electron chi connectivity index (χ0n) is 20.0. The van der Waals surface area contributed by atoms with Crippen LogP contribution < -0.4 is 10.0 Å². The molecule has 3 aliphatic rings. The Morgan fingerprint density at radius 3 is 2.62 bits per heavy atom. The Morgan fingerprint density at radius 1 is 1.28 bits per heavy atom. The number of carbonyl (C=O) groups excluding carboxylic acids is 1. The molecule has 3 fully saturated rings. The number of amides is 1. The lowest BCUT2D eigenvalue weighted by molar-refractivity contribution is -0.138. The van der Waals surface area contributed by atoms with Crippen LogP contribution in [0, 0.1) is 42.4 Å². The summed E-state index contributed by atoms with van der Waals surface area (Å²) in [5.74, 6) is 1.22. The summed E-state index contributed by atoms with van der Waals surface area (Å²) in [6, 6.07) is 0.124. The number of nitrogens with one attached hydrogen (secondary N) is 2. The number of rotatable bonds is 7. The van der Waals surface area contributed by atoms with Gasteiger partial charge >= 0.3 is 0 Å². The Kier molecular flexibility index (Phi) is 5.99. The minimum absolute atomic E-state index is 0.0179. The van der Waals surface area contributed by atoms with Crippen molar-refractivity contribution in [3.05, 3.63) is 11.5 Å². The van der Waals surface area contributed by atoms with E-state index in [-0.39, 0.29) is 39.7 Å². The van der Waals surface area contributed by atoms with Crippen molar-refractivity contribution >= 4 is 15.9 Å². The van der Waals surface area contributed by atoms with E-state index in [9.17, 15) is 13.2 Å². The number of ether oxygens (including phenoxy) is 1. The molecule has 2 N–H and O–H groups in total. The molecule has 1 aromatic heterocycles. The topological polar surface area (TPSA) is 111 Å². The Labute approximate surface area is 191 Å². The van der Waals surface area contributed by atoms with Crippen LogP contribution in [-0.2, 0) is 19.6 Å². The number of aromatic nitrogens is 1. The van der Waals surface area contributed by atoms with Gasteiger partial charge in [-0.3, -0.25) is 4.79 Å². The minimum Gasteiger partial charge on any atom is -0.378 e. The van der Waals surface area contributed by atoms with E-state index in [1.165, 1.54) is 0 Å². The van der Waals surface area contributed by atoms with Crippen molar-refractivity contribution in [3.8, 4) is 0 Å². The van der Waals surface area contributed by atoms with E-state index in [2.05, 4.69) is 29.0 Å². The molecule has 1 unspecified atom stereocenters. The quantitative estimate of drug-likeness (QED) is 0.638. The number of fused-ring (bicyclic) bond motifs is 1. The third-order valence-electron chi connectivity index (χ3n) is 8.39. The van der Waals surface area contributed by atoms with E-state index in [1.807, 2.05) is 13.8 Å². The van der Waals surface area contributed by atoms with Crippen molar-refractivity contribution in [2.75, 3.05) is 13.2 Å². The molecule has 1 spiro atoms. The van der Waals surface area contributed by atoms with Crippen molar-refractivity contribution in [2.24, 2.45) is 28.6 Å². The molecule has 0 aromatic carbocycles. The van der Waals surface area contributed by atoms with Crippen LogP contribution in [0.3, 0.4) is 0 Å². The second kappa shape index (κ2) is 8.09. The predicted molar refractivity (Wildman–Crippen MR) is 119 cm³/mol. The molecule has 2 saturated carbocycles. The molecule has 8 nitrogen and oxygen atoms in total. The lowest BCUT2D eigenvalue weighted by atomic mass is 9.59. The SMILES string of the molecule is Cc1noc(C)c1S(=O)(=O)NCC[C@H]1OCCC23C[C@@H](C[C@H]12)C(C)(C)[C@@H]3NC(=O)C(C)C. The minimum atomic E-state index is -3.69. The Bertz CT molecular complexity index is 966. The Hall–Kier alpha value is -1.45. The standard InChI is InChI=1S/C23H37N3O5S/c1-13(2)20(27)25-21-22(5,6)16-11-17-18(30-10-8-23(17,21)12-16)7-9-24-32(28,29)19-14(3)26-31-15(19)4/h13,16-18,21,24H,7-12H2,1-6H3,(H,25,27)/t16-,17-,18-,21+,23?/m1/s1. The van der Waals surface area contributed by atoms with Crippen LogP contribution in [0.4, 0.5) is 0 Å². The first-order chi connectivity index (χ1) is 14.9. The van der Waals surface area contributed by atoms with Gasteiger partial charge in [-0.1, -0.05) is 32.9 Å². The number of carbonyl (C=O) groups is 1. The van der Waals surface area contributed by atoms with E-state index in [0.29, 0.717) is 42.9 Å². The summed E-state index contributed by atoms with van der Waals surface area (Å²) in [4.78, 5) is 12.8. The largest absolute Gasteiger partial charge is 0.378 e. The van der Waals surface area contributed by atoms with Crippen LogP contribution in [0.2, 0.25) is 0 Å². The molecule has 0 radical (unpaired) electrons. The summed E-state index contributed by atoms with van der Waals surface area (Å²) in [5, 5.41) is 7.15. The van der Waals surface area contributed by atoms with E-state index < -0.39 is 10.0 Å². The number of sulfonamides is 1. The van der Waals surface area contributed by atoms with E-state index in [1.54, 1.807) is 13.8 Å². The maximum atomic E-state index is 12.8. The summed E-state index contributed by atoms with van der Waals surface area (Å²) < 4.78 is 39.4. The highest BCUT2D eigenvalue weighted by Gasteiger charge is 2.68. The third kappa shape index (κ3) is 3.70. The molecule has 2 aliphatic carbocycles. The predicted octanol–water partition coefficient (Wildman–Crippen LogP) is 2.94. The van der Waals surface area contributed by atoms with Crippen LogP contribution in [0.1, 0.15) is 64.8 Å². The Balaban J connectivity index is 1.47. The molecule has 1 aliphatic heterocycles. The van der Waals surface area contributed by atoms with Gasteiger partial charge in [-0.05, 0) is 62.2 Å². The van der Waals surface area contributed by atoms with E-state index >= 15 is 0 Å². The maximum Gasteiger partial charge on any atom is 0.245 e. The molecule has 180 valence electrons. The number of aryl methyl sites for hydroxylation is 2. The average molecular weight is 468 g/mol. The molecule has 4 rings (SSSR count). The fourth-order valence-corrected chi connectivity index (χ4v) is 8.14. The molecule has 1 aromatic rings. The molecular formula is C23H37N3O5S. The van der Waals surface area contributed by atoms with Crippen molar-refractivity contribution in [2.45, 2.75) is 84.3 Å². The highest BCUT2D eigenvalue weighted by atomic mass is 32.2. The lowest BCUT2D eigenvalue weighted by Crippen LogP contribution is -2.60. The summed E-state index contributed by atoms with van der Waals surface area (Å²) in [5.41, 5.74) is 0.442. The first-order valence-electron chi connectivity index (χ1n) is 11.7. The second-order valence-corrected chi connectivity index (χ2v) is 12.6. The summed E-state index contributed by atoms with van der Waals surface area (Å²) in [6.07, 6.45) is 3.71. The first-order valence-corrected chi connectivity index (χ1v) is 13.2. The number of nitrogens with zero attached hydrogens (tertiary/aromatic N) is 1. The van der Waals surface area contributed by atoms with Gasteiger partial charge in [0.2, 0.25) is 15.9 Å². The van der Waals surface area contributed by atoms with E-state index in [4.69, 9.17) is 9.26 Å². The smallest absolute Gasteiger partial charge is 0.245 e. The molecule has 32 heavy (non-hydrogen) atoms. The Morgan fingerprint density at radius 2 is 2.00 bits per heavy atom. The normalized spacial score (nSPS) is 33.5. The lowest BCUT2D eigenvalue weighted by Gasteiger charge is -2.53. The highest BCUT2D eigenvalue weighted by Crippen LogP contribution is 2.68. The van der Waals surface area contributed by atoms with Crippen LogP contribution in [0.25, 0.3) is 0 Å². The fourth-order valence-electron chi connectivity index (χ4n) is 6.77. The molecule has 2 bridgehead atoms. The zero-order valence-corrected chi connectivity index (χ0v) is 20.8. The van der Waals surface area contributed by atoms with Gasteiger partial charge < -0.3 is 14.6 Å². The van der Waals surface area contributed by atoms with Gasteiger partial charge in [0.05, 0.1) is 6.10 Å². The van der Waals surface area contributed by atoms with Gasteiger partial charge in [0.25, 0.3) is 0 Å². The maximum absolute atomic E-state index is 12.8. The van der Waals surface area contributed by atoms with Crippen LogP contribution >= 0.6 is 0 Å². The van der Waals surface area contributed by atoms with Crippen LogP contribution in [-0.4, -0.2) is 44.8 Å².